The maximum Gasteiger partial charge on any atom is 0.232 e. The van der Waals surface area contributed by atoms with Gasteiger partial charge in [0.25, 0.3) is 0 Å². The van der Waals surface area contributed by atoms with Crippen LogP contribution in [0.3, 0.4) is 0 Å². The zero-order valence-electron chi connectivity index (χ0n) is 9.85. The second-order valence-electron chi connectivity index (χ2n) is 3.58. The van der Waals surface area contributed by atoms with Gasteiger partial charge in [-0.15, -0.1) is 0 Å². The molecule has 0 spiro atoms. The van der Waals surface area contributed by atoms with Crippen molar-refractivity contribution in [3.05, 3.63) is 40.5 Å². The van der Waals surface area contributed by atoms with Crippen molar-refractivity contribution >= 4 is 27.6 Å². The number of anilines is 2. The predicted molar refractivity (Wildman–Crippen MR) is 73.9 cm³/mol. The molecule has 18 heavy (non-hydrogen) atoms. The summed E-state index contributed by atoms with van der Waals surface area (Å²) >= 11 is 3.30. The Kier molecular flexibility index (Phi) is 4.11. The first-order valence-electron chi connectivity index (χ1n) is 5.35. The SMILES string of the molecule is COc1nc(Nc2ccc(CN)cc2)ncc1Br. The van der Waals surface area contributed by atoms with E-state index in [0.29, 0.717) is 22.8 Å². The van der Waals surface area contributed by atoms with E-state index in [2.05, 4.69) is 31.2 Å². The van der Waals surface area contributed by atoms with Crippen molar-refractivity contribution in [1.82, 2.24) is 9.97 Å². The molecule has 0 aliphatic rings. The largest absolute Gasteiger partial charge is 0.480 e. The highest BCUT2D eigenvalue weighted by atomic mass is 79.9. The summed E-state index contributed by atoms with van der Waals surface area (Å²) in [6.45, 7) is 0.531. The molecule has 3 N–H and O–H groups in total. The second-order valence-corrected chi connectivity index (χ2v) is 4.43. The summed E-state index contributed by atoms with van der Waals surface area (Å²) in [7, 11) is 1.56. The number of hydrogen-bond donors (Lipinski definition) is 2. The van der Waals surface area contributed by atoms with Gasteiger partial charge in [-0.05, 0) is 33.6 Å². The fourth-order valence-electron chi connectivity index (χ4n) is 1.41. The molecule has 2 aromatic rings. The van der Waals surface area contributed by atoms with Gasteiger partial charge in [-0.3, -0.25) is 0 Å². The normalized spacial score (nSPS) is 10.2. The van der Waals surface area contributed by atoms with Crippen LogP contribution in [0.25, 0.3) is 0 Å². The molecule has 6 heteroatoms. The Morgan fingerprint density at radius 1 is 1.33 bits per heavy atom. The minimum absolute atomic E-state index is 0.482. The molecule has 0 saturated heterocycles. The zero-order valence-corrected chi connectivity index (χ0v) is 11.4. The molecule has 0 radical (unpaired) electrons. The van der Waals surface area contributed by atoms with E-state index in [-0.39, 0.29) is 0 Å². The lowest BCUT2D eigenvalue weighted by Crippen LogP contribution is -2.00. The molecular formula is C12H13BrN4O. The van der Waals surface area contributed by atoms with Crippen molar-refractivity contribution in [2.24, 2.45) is 5.73 Å². The molecule has 1 aromatic heterocycles. The first-order valence-corrected chi connectivity index (χ1v) is 6.15. The maximum absolute atomic E-state index is 5.54. The van der Waals surface area contributed by atoms with Crippen molar-refractivity contribution in [2.45, 2.75) is 6.54 Å². The summed E-state index contributed by atoms with van der Waals surface area (Å²) in [5, 5.41) is 3.09. The van der Waals surface area contributed by atoms with E-state index in [1.54, 1.807) is 13.3 Å². The molecule has 94 valence electrons. The van der Waals surface area contributed by atoms with Gasteiger partial charge in [-0.25, -0.2) is 4.98 Å². The van der Waals surface area contributed by atoms with Crippen molar-refractivity contribution in [2.75, 3.05) is 12.4 Å². The molecule has 0 fully saturated rings. The van der Waals surface area contributed by atoms with Crippen LogP contribution < -0.4 is 15.8 Å². The van der Waals surface area contributed by atoms with E-state index < -0.39 is 0 Å². The molecule has 2 rings (SSSR count). The Hall–Kier alpha value is -1.66. The van der Waals surface area contributed by atoms with E-state index in [9.17, 15) is 0 Å². The molecule has 1 aromatic carbocycles. The van der Waals surface area contributed by atoms with E-state index >= 15 is 0 Å². The van der Waals surface area contributed by atoms with Crippen LogP contribution in [-0.4, -0.2) is 17.1 Å². The Morgan fingerprint density at radius 2 is 2.06 bits per heavy atom. The Morgan fingerprint density at radius 3 is 2.67 bits per heavy atom. The number of nitrogens with two attached hydrogens (primary N) is 1. The molecule has 5 nitrogen and oxygen atoms in total. The topological polar surface area (TPSA) is 73.1 Å². The van der Waals surface area contributed by atoms with Gasteiger partial charge in [0.1, 0.15) is 0 Å². The average Bonchev–Trinajstić information content (AvgIpc) is 2.42. The highest BCUT2D eigenvalue weighted by Gasteiger charge is 2.05. The summed E-state index contributed by atoms with van der Waals surface area (Å²) in [5.41, 5.74) is 7.52. The molecular weight excluding hydrogens is 296 g/mol. The highest BCUT2D eigenvalue weighted by Crippen LogP contribution is 2.23. The van der Waals surface area contributed by atoms with Gasteiger partial charge < -0.3 is 15.8 Å². The lowest BCUT2D eigenvalue weighted by atomic mass is 10.2. The first kappa shape index (κ1) is 12.8. The summed E-state index contributed by atoms with van der Waals surface area (Å²) in [6.07, 6.45) is 1.64. The van der Waals surface area contributed by atoms with Gasteiger partial charge in [-0.2, -0.15) is 4.98 Å². The van der Waals surface area contributed by atoms with Crippen LogP contribution in [0.4, 0.5) is 11.6 Å². The van der Waals surface area contributed by atoms with Crippen LogP contribution in [0.1, 0.15) is 5.56 Å². The van der Waals surface area contributed by atoms with Gasteiger partial charge in [0.15, 0.2) is 0 Å². The minimum atomic E-state index is 0.482. The van der Waals surface area contributed by atoms with Gasteiger partial charge >= 0.3 is 0 Å². The van der Waals surface area contributed by atoms with Crippen LogP contribution in [0, 0.1) is 0 Å². The van der Waals surface area contributed by atoms with Gasteiger partial charge in [0.2, 0.25) is 11.8 Å². The standard InChI is InChI=1S/C12H13BrN4O/c1-18-11-10(13)7-15-12(17-11)16-9-4-2-8(6-14)3-5-9/h2-5,7H,6,14H2,1H3,(H,15,16,17). The van der Waals surface area contributed by atoms with Crippen molar-refractivity contribution < 1.29 is 4.74 Å². The van der Waals surface area contributed by atoms with Crippen LogP contribution >= 0.6 is 15.9 Å². The number of nitrogens with one attached hydrogen (secondary N) is 1. The Labute approximate surface area is 114 Å². The monoisotopic (exact) mass is 308 g/mol. The molecule has 0 saturated carbocycles. The van der Waals surface area contributed by atoms with Crippen LogP contribution in [-0.2, 0) is 6.54 Å². The van der Waals surface area contributed by atoms with E-state index in [1.165, 1.54) is 0 Å². The second kappa shape index (κ2) is 5.79. The minimum Gasteiger partial charge on any atom is -0.480 e. The number of aromatic nitrogens is 2. The number of halogens is 1. The summed E-state index contributed by atoms with van der Waals surface area (Å²) in [4.78, 5) is 8.36. The molecule has 0 amide bonds. The smallest absolute Gasteiger partial charge is 0.232 e. The molecule has 0 aliphatic heterocycles. The van der Waals surface area contributed by atoms with Crippen LogP contribution in [0.5, 0.6) is 5.88 Å². The fourth-order valence-corrected chi connectivity index (χ4v) is 1.76. The zero-order chi connectivity index (χ0) is 13.0. The highest BCUT2D eigenvalue weighted by molar-refractivity contribution is 9.10. The van der Waals surface area contributed by atoms with Gasteiger partial charge in [0.05, 0.1) is 17.8 Å². The summed E-state index contributed by atoms with van der Waals surface area (Å²) < 4.78 is 5.82. The van der Waals surface area contributed by atoms with Crippen LogP contribution in [0.15, 0.2) is 34.9 Å². The van der Waals surface area contributed by atoms with Gasteiger partial charge in [0, 0.05) is 12.2 Å². The quantitative estimate of drug-likeness (QED) is 0.907. The lowest BCUT2D eigenvalue weighted by Gasteiger charge is -2.07. The number of hydrogen-bond acceptors (Lipinski definition) is 5. The molecule has 0 unspecified atom stereocenters. The number of nitrogens with zero attached hydrogens (tertiary/aromatic N) is 2. The Bertz CT molecular complexity index is 530. The molecule has 1 heterocycles. The number of ether oxygens (including phenoxy) is 1. The fraction of sp³-hybridized carbons (Fsp3) is 0.167. The van der Waals surface area contributed by atoms with Crippen molar-refractivity contribution in [3.63, 3.8) is 0 Å². The van der Waals surface area contributed by atoms with Gasteiger partial charge in [-0.1, -0.05) is 12.1 Å². The molecule has 0 bridgehead atoms. The van der Waals surface area contributed by atoms with E-state index in [1.807, 2.05) is 24.3 Å². The maximum atomic E-state index is 5.54. The molecule has 0 aliphatic carbocycles. The third kappa shape index (κ3) is 2.96. The number of methoxy groups -OCH3 is 1. The summed E-state index contributed by atoms with van der Waals surface area (Å²) in [6, 6.07) is 7.77. The Balaban J connectivity index is 2.17. The van der Waals surface area contributed by atoms with Crippen LogP contribution in [0.2, 0.25) is 0 Å². The first-order chi connectivity index (χ1) is 8.72. The molecule has 0 atom stereocenters. The van der Waals surface area contributed by atoms with E-state index in [4.69, 9.17) is 10.5 Å². The number of benzene rings is 1. The van der Waals surface area contributed by atoms with Crippen molar-refractivity contribution in [1.29, 1.82) is 0 Å². The number of rotatable bonds is 4. The third-order valence-electron chi connectivity index (χ3n) is 2.35. The van der Waals surface area contributed by atoms with E-state index in [0.717, 1.165) is 11.3 Å². The summed E-state index contributed by atoms with van der Waals surface area (Å²) in [5.74, 6) is 0.974. The predicted octanol–water partition coefficient (Wildman–Crippen LogP) is 2.45. The lowest BCUT2D eigenvalue weighted by molar-refractivity contribution is 0.394. The van der Waals surface area contributed by atoms with Crippen molar-refractivity contribution in [3.8, 4) is 5.88 Å². The third-order valence-corrected chi connectivity index (χ3v) is 2.90. The average molecular weight is 309 g/mol.